The lowest BCUT2D eigenvalue weighted by Crippen LogP contribution is -2.19. The number of benzene rings is 1. The highest BCUT2D eigenvalue weighted by atomic mass is 19.1. The molecule has 1 aliphatic carbocycles. The quantitative estimate of drug-likeness (QED) is 0.860. The van der Waals surface area contributed by atoms with Gasteiger partial charge < -0.3 is 5.73 Å². The molecule has 0 radical (unpaired) electrons. The van der Waals surface area contributed by atoms with E-state index in [9.17, 15) is 4.39 Å². The zero-order valence-corrected chi connectivity index (χ0v) is 10.8. The van der Waals surface area contributed by atoms with Crippen molar-refractivity contribution in [2.24, 2.45) is 5.92 Å². The lowest BCUT2D eigenvalue weighted by atomic mass is 9.85. The Hall–Kier alpha value is -1.98. The fourth-order valence-electron chi connectivity index (χ4n) is 2.28. The molecule has 0 spiro atoms. The number of hydrogen-bond donors (Lipinski definition) is 1. The second-order valence-corrected chi connectivity index (χ2v) is 5.15. The molecule has 0 unspecified atom stereocenters. The van der Waals surface area contributed by atoms with Crippen molar-refractivity contribution in [3.05, 3.63) is 23.5 Å². The van der Waals surface area contributed by atoms with Crippen LogP contribution in [0.2, 0.25) is 0 Å². The first-order valence-electron chi connectivity index (χ1n) is 6.47. The molecule has 5 nitrogen and oxygen atoms in total. The predicted molar refractivity (Wildman–Crippen MR) is 69.7 cm³/mol. The maximum Gasteiger partial charge on any atom is 0.182 e. The lowest BCUT2D eigenvalue weighted by Gasteiger charge is -2.25. The normalized spacial score (nSPS) is 15.5. The van der Waals surface area contributed by atoms with Crippen molar-refractivity contribution in [1.29, 1.82) is 0 Å². The number of hydrogen-bond acceptors (Lipinski definition) is 4. The van der Waals surface area contributed by atoms with E-state index in [-0.39, 0.29) is 5.82 Å². The summed E-state index contributed by atoms with van der Waals surface area (Å²) < 4.78 is 15.5. The molecule has 1 aromatic heterocycles. The van der Waals surface area contributed by atoms with Gasteiger partial charge >= 0.3 is 0 Å². The summed E-state index contributed by atoms with van der Waals surface area (Å²) in [5.41, 5.74) is 7.31. The number of nitrogen functional groups attached to an aromatic ring is 1. The highest BCUT2D eigenvalue weighted by Crippen LogP contribution is 2.30. The predicted octanol–water partition coefficient (Wildman–Crippen LogP) is 2.17. The van der Waals surface area contributed by atoms with Gasteiger partial charge in [-0.05, 0) is 48.2 Å². The van der Waals surface area contributed by atoms with E-state index in [1.165, 1.54) is 25.3 Å². The Balaban J connectivity index is 1.95. The SMILES string of the molecule is Cc1c(N)cc(-c2nnnn2CC2CCC2)cc1F. The van der Waals surface area contributed by atoms with Gasteiger partial charge in [-0.15, -0.1) is 5.10 Å². The summed E-state index contributed by atoms with van der Waals surface area (Å²) in [6.07, 6.45) is 3.70. The summed E-state index contributed by atoms with van der Waals surface area (Å²) in [6.45, 7) is 2.45. The molecule has 0 atom stereocenters. The summed E-state index contributed by atoms with van der Waals surface area (Å²) >= 11 is 0. The zero-order chi connectivity index (χ0) is 13.4. The molecule has 0 aliphatic heterocycles. The first kappa shape index (κ1) is 12.1. The molecule has 1 fully saturated rings. The van der Waals surface area contributed by atoms with E-state index in [2.05, 4.69) is 15.5 Å². The number of nitrogens with zero attached hydrogens (tertiary/aromatic N) is 4. The molecule has 3 rings (SSSR count). The minimum atomic E-state index is -0.326. The number of anilines is 1. The molecule has 2 N–H and O–H groups in total. The molecule has 0 saturated heterocycles. The van der Waals surface area contributed by atoms with E-state index in [1.807, 2.05) is 0 Å². The van der Waals surface area contributed by atoms with Gasteiger partial charge in [0.05, 0.1) is 0 Å². The van der Waals surface area contributed by atoms with Crippen LogP contribution in [0.5, 0.6) is 0 Å². The Bertz CT molecular complexity index is 580. The second-order valence-electron chi connectivity index (χ2n) is 5.15. The standard InChI is InChI=1S/C13H16FN5/c1-8-11(14)5-10(6-12(8)15)13-16-17-18-19(13)7-9-3-2-4-9/h5-6,9H,2-4,7,15H2,1H3. The fraction of sp³-hybridized carbons (Fsp3) is 0.462. The highest BCUT2D eigenvalue weighted by molar-refractivity contribution is 5.63. The first-order chi connectivity index (χ1) is 9.15. The first-order valence-corrected chi connectivity index (χ1v) is 6.47. The molecule has 1 aliphatic rings. The van der Waals surface area contributed by atoms with Crippen LogP contribution in [-0.2, 0) is 6.54 Å². The number of tetrazole rings is 1. The van der Waals surface area contributed by atoms with Gasteiger partial charge in [0, 0.05) is 23.4 Å². The van der Waals surface area contributed by atoms with Crippen molar-refractivity contribution in [2.75, 3.05) is 5.73 Å². The molecule has 6 heteroatoms. The third kappa shape index (κ3) is 2.18. The van der Waals surface area contributed by atoms with Crippen molar-refractivity contribution in [3.8, 4) is 11.4 Å². The van der Waals surface area contributed by atoms with Gasteiger partial charge in [-0.25, -0.2) is 9.07 Å². The van der Waals surface area contributed by atoms with Gasteiger partial charge in [-0.2, -0.15) is 0 Å². The van der Waals surface area contributed by atoms with Crippen LogP contribution in [0.3, 0.4) is 0 Å². The van der Waals surface area contributed by atoms with E-state index >= 15 is 0 Å². The lowest BCUT2D eigenvalue weighted by molar-refractivity contribution is 0.265. The van der Waals surface area contributed by atoms with E-state index in [0.29, 0.717) is 28.6 Å². The largest absolute Gasteiger partial charge is 0.398 e. The van der Waals surface area contributed by atoms with Crippen molar-refractivity contribution in [1.82, 2.24) is 20.2 Å². The zero-order valence-electron chi connectivity index (χ0n) is 10.8. The van der Waals surface area contributed by atoms with Crippen LogP contribution in [0, 0.1) is 18.7 Å². The van der Waals surface area contributed by atoms with Gasteiger partial charge in [-0.1, -0.05) is 6.42 Å². The molecule has 0 amide bonds. The molecule has 1 aromatic carbocycles. The Morgan fingerprint density at radius 2 is 2.21 bits per heavy atom. The molecular weight excluding hydrogens is 245 g/mol. The van der Waals surface area contributed by atoms with E-state index < -0.39 is 0 Å². The van der Waals surface area contributed by atoms with Crippen LogP contribution >= 0.6 is 0 Å². The van der Waals surface area contributed by atoms with Crippen molar-refractivity contribution in [2.45, 2.75) is 32.7 Å². The highest BCUT2D eigenvalue weighted by Gasteiger charge is 2.21. The minimum Gasteiger partial charge on any atom is -0.398 e. The smallest absolute Gasteiger partial charge is 0.182 e. The average Bonchev–Trinajstić information content (AvgIpc) is 2.78. The van der Waals surface area contributed by atoms with Gasteiger partial charge in [0.1, 0.15) is 5.82 Å². The summed E-state index contributed by atoms with van der Waals surface area (Å²) in [5.74, 6) is 0.889. The van der Waals surface area contributed by atoms with Gasteiger partial charge in [-0.3, -0.25) is 0 Å². The van der Waals surface area contributed by atoms with E-state index in [4.69, 9.17) is 5.73 Å². The Morgan fingerprint density at radius 3 is 2.84 bits per heavy atom. The van der Waals surface area contributed by atoms with Crippen LogP contribution in [-0.4, -0.2) is 20.2 Å². The van der Waals surface area contributed by atoms with Crippen LogP contribution in [0.15, 0.2) is 12.1 Å². The van der Waals surface area contributed by atoms with E-state index in [0.717, 1.165) is 6.54 Å². The summed E-state index contributed by atoms with van der Waals surface area (Å²) in [4.78, 5) is 0. The van der Waals surface area contributed by atoms with Crippen LogP contribution < -0.4 is 5.73 Å². The number of nitrogens with two attached hydrogens (primary N) is 1. The Labute approximate surface area is 110 Å². The topological polar surface area (TPSA) is 69.6 Å². The molecule has 0 bridgehead atoms. The third-order valence-corrected chi connectivity index (χ3v) is 3.83. The maximum absolute atomic E-state index is 13.7. The van der Waals surface area contributed by atoms with Gasteiger partial charge in [0.2, 0.25) is 0 Å². The summed E-state index contributed by atoms with van der Waals surface area (Å²) in [5, 5.41) is 11.7. The molecule has 2 aromatic rings. The maximum atomic E-state index is 13.7. The Kier molecular flexibility index (Phi) is 2.93. The van der Waals surface area contributed by atoms with Crippen LogP contribution in [0.1, 0.15) is 24.8 Å². The third-order valence-electron chi connectivity index (χ3n) is 3.83. The fourth-order valence-corrected chi connectivity index (χ4v) is 2.28. The minimum absolute atomic E-state index is 0.326. The molecule has 1 saturated carbocycles. The van der Waals surface area contributed by atoms with Gasteiger partial charge in [0.15, 0.2) is 5.82 Å². The monoisotopic (exact) mass is 261 g/mol. The number of rotatable bonds is 3. The van der Waals surface area contributed by atoms with Crippen molar-refractivity contribution in [3.63, 3.8) is 0 Å². The molecule has 100 valence electrons. The molecular formula is C13H16FN5. The summed E-state index contributed by atoms with van der Waals surface area (Å²) in [6, 6.07) is 3.16. The van der Waals surface area contributed by atoms with Crippen LogP contribution in [0.25, 0.3) is 11.4 Å². The average molecular weight is 261 g/mol. The van der Waals surface area contributed by atoms with Crippen molar-refractivity contribution < 1.29 is 4.39 Å². The molecule has 1 heterocycles. The Morgan fingerprint density at radius 1 is 1.42 bits per heavy atom. The van der Waals surface area contributed by atoms with E-state index in [1.54, 1.807) is 17.7 Å². The second kappa shape index (κ2) is 4.60. The number of aromatic nitrogens is 4. The number of halogens is 1. The van der Waals surface area contributed by atoms with Gasteiger partial charge in [0.25, 0.3) is 0 Å². The summed E-state index contributed by atoms with van der Waals surface area (Å²) in [7, 11) is 0. The van der Waals surface area contributed by atoms with Crippen molar-refractivity contribution >= 4 is 5.69 Å². The van der Waals surface area contributed by atoms with Crippen LogP contribution in [0.4, 0.5) is 10.1 Å². The molecule has 19 heavy (non-hydrogen) atoms.